The number of nitrogens with zero attached hydrogens (tertiary/aromatic N) is 1. The molecule has 136 valence electrons. The Morgan fingerprint density at radius 2 is 2.04 bits per heavy atom. The lowest BCUT2D eigenvalue weighted by Crippen LogP contribution is -2.44. The van der Waals surface area contributed by atoms with Crippen LogP contribution in [0, 0.1) is 10.1 Å². The molecule has 8 heteroatoms. The minimum atomic E-state index is -0.517. The van der Waals surface area contributed by atoms with Crippen LogP contribution in [-0.4, -0.2) is 24.5 Å². The number of hydrogen-bond donors (Lipinski definition) is 2. The highest BCUT2D eigenvalue weighted by Gasteiger charge is 2.27. The number of ether oxygens (including phenoxy) is 2. The predicted molar refractivity (Wildman–Crippen MR) is 93.9 cm³/mol. The molecule has 3 rings (SSSR count). The molecule has 0 radical (unpaired) electrons. The molecule has 0 saturated carbocycles. The van der Waals surface area contributed by atoms with E-state index < -0.39 is 11.1 Å². The Balaban J connectivity index is 1.92. The van der Waals surface area contributed by atoms with Crippen LogP contribution in [0.5, 0.6) is 11.5 Å². The minimum absolute atomic E-state index is 0.0623. The third kappa shape index (κ3) is 3.92. The molecule has 2 aromatic carbocycles. The van der Waals surface area contributed by atoms with Gasteiger partial charge < -0.3 is 14.8 Å². The van der Waals surface area contributed by atoms with E-state index in [0.717, 1.165) is 5.56 Å². The van der Waals surface area contributed by atoms with E-state index in [1.165, 1.54) is 13.2 Å². The molecule has 1 amide bonds. The topological polar surface area (TPSA) is 103 Å². The van der Waals surface area contributed by atoms with E-state index >= 15 is 0 Å². The van der Waals surface area contributed by atoms with Gasteiger partial charge in [-0.2, -0.15) is 0 Å². The number of hydrogen-bond acceptors (Lipinski definition) is 6. The van der Waals surface area contributed by atoms with E-state index in [0.29, 0.717) is 18.5 Å². The van der Waals surface area contributed by atoms with E-state index in [-0.39, 0.29) is 29.7 Å². The van der Waals surface area contributed by atoms with Crippen molar-refractivity contribution >= 4 is 11.6 Å². The van der Waals surface area contributed by atoms with Gasteiger partial charge in [0, 0.05) is 19.0 Å². The molecule has 0 aliphatic carbocycles. The highest BCUT2D eigenvalue weighted by molar-refractivity contribution is 5.77. The van der Waals surface area contributed by atoms with Crippen molar-refractivity contribution in [2.24, 2.45) is 0 Å². The van der Waals surface area contributed by atoms with Gasteiger partial charge in [-0.3, -0.25) is 20.2 Å². The normalized spacial score (nSPS) is 16.7. The average molecular weight is 357 g/mol. The van der Waals surface area contributed by atoms with Crippen molar-refractivity contribution in [2.75, 3.05) is 13.7 Å². The van der Waals surface area contributed by atoms with Gasteiger partial charge in [-0.1, -0.05) is 30.3 Å². The largest absolute Gasteiger partial charge is 0.493 e. The zero-order valence-electron chi connectivity index (χ0n) is 14.2. The zero-order chi connectivity index (χ0) is 18.5. The number of benzene rings is 2. The third-order valence-electron chi connectivity index (χ3n) is 4.04. The highest BCUT2D eigenvalue weighted by Crippen LogP contribution is 2.40. The maximum absolute atomic E-state index is 11.6. The second-order valence-corrected chi connectivity index (χ2v) is 5.81. The van der Waals surface area contributed by atoms with Crippen molar-refractivity contribution in [3.63, 3.8) is 0 Å². The molecule has 0 unspecified atom stereocenters. The van der Waals surface area contributed by atoms with Crippen LogP contribution >= 0.6 is 0 Å². The summed E-state index contributed by atoms with van der Waals surface area (Å²) in [5.74, 6) is 0.193. The van der Waals surface area contributed by atoms with E-state index in [1.807, 2.05) is 30.3 Å². The van der Waals surface area contributed by atoms with Gasteiger partial charge >= 0.3 is 5.69 Å². The summed E-state index contributed by atoms with van der Waals surface area (Å²) >= 11 is 0. The van der Waals surface area contributed by atoms with Crippen molar-refractivity contribution in [3.8, 4) is 11.5 Å². The van der Waals surface area contributed by atoms with Gasteiger partial charge in [0.05, 0.1) is 12.0 Å². The van der Waals surface area contributed by atoms with Crippen LogP contribution in [0.1, 0.15) is 23.7 Å². The van der Waals surface area contributed by atoms with Crippen molar-refractivity contribution in [1.29, 1.82) is 0 Å². The molecule has 0 bridgehead atoms. The first-order valence-electron chi connectivity index (χ1n) is 8.14. The van der Waals surface area contributed by atoms with Gasteiger partial charge in [0.2, 0.25) is 11.7 Å². The minimum Gasteiger partial charge on any atom is -0.493 e. The van der Waals surface area contributed by atoms with Crippen LogP contribution in [-0.2, 0) is 11.4 Å². The van der Waals surface area contributed by atoms with Crippen molar-refractivity contribution < 1.29 is 19.2 Å². The summed E-state index contributed by atoms with van der Waals surface area (Å²) in [7, 11) is 1.42. The first-order chi connectivity index (χ1) is 12.6. The molecule has 2 N–H and O–H groups in total. The molecular weight excluding hydrogens is 338 g/mol. The van der Waals surface area contributed by atoms with Crippen LogP contribution in [0.2, 0.25) is 0 Å². The lowest BCUT2D eigenvalue weighted by molar-refractivity contribution is -0.386. The van der Waals surface area contributed by atoms with Gasteiger partial charge in [0.15, 0.2) is 5.75 Å². The fraction of sp³-hybridized carbons (Fsp3) is 0.278. The van der Waals surface area contributed by atoms with E-state index in [2.05, 4.69) is 10.6 Å². The Morgan fingerprint density at radius 1 is 1.27 bits per heavy atom. The number of amides is 1. The fourth-order valence-corrected chi connectivity index (χ4v) is 2.75. The SMILES string of the molecule is COc1cc([C@H]2NCCC(=O)N2)cc([N+](=O)[O-])c1OCc1ccccc1. The summed E-state index contributed by atoms with van der Waals surface area (Å²) in [6.45, 7) is 0.675. The monoisotopic (exact) mass is 357 g/mol. The fourth-order valence-electron chi connectivity index (χ4n) is 2.75. The number of carbonyl (C=O) groups excluding carboxylic acids is 1. The lowest BCUT2D eigenvalue weighted by Gasteiger charge is -2.25. The molecule has 0 spiro atoms. The van der Waals surface area contributed by atoms with Crippen LogP contribution in [0.25, 0.3) is 0 Å². The van der Waals surface area contributed by atoms with Crippen molar-refractivity contribution in [2.45, 2.75) is 19.2 Å². The van der Waals surface area contributed by atoms with Gasteiger partial charge in [-0.05, 0) is 17.2 Å². The summed E-state index contributed by atoms with van der Waals surface area (Å²) in [5, 5.41) is 17.4. The number of carbonyl (C=O) groups is 1. The molecular formula is C18H19N3O5. The molecule has 1 saturated heterocycles. The molecule has 1 heterocycles. The Hall–Kier alpha value is -3.13. The Labute approximate surface area is 150 Å². The number of nitro groups is 1. The van der Waals surface area contributed by atoms with Crippen LogP contribution < -0.4 is 20.1 Å². The maximum Gasteiger partial charge on any atom is 0.315 e. The molecule has 1 atom stereocenters. The molecule has 26 heavy (non-hydrogen) atoms. The van der Waals surface area contributed by atoms with Crippen LogP contribution in [0.4, 0.5) is 5.69 Å². The Morgan fingerprint density at radius 3 is 2.69 bits per heavy atom. The number of methoxy groups -OCH3 is 1. The second kappa shape index (κ2) is 7.83. The second-order valence-electron chi connectivity index (χ2n) is 5.81. The summed E-state index contributed by atoms with van der Waals surface area (Å²) in [6.07, 6.45) is -0.138. The highest BCUT2D eigenvalue weighted by atomic mass is 16.6. The van der Waals surface area contributed by atoms with Crippen LogP contribution in [0.3, 0.4) is 0 Å². The van der Waals surface area contributed by atoms with E-state index in [4.69, 9.17) is 9.47 Å². The smallest absolute Gasteiger partial charge is 0.315 e. The molecule has 0 aromatic heterocycles. The quantitative estimate of drug-likeness (QED) is 0.607. The lowest BCUT2D eigenvalue weighted by atomic mass is 10.1. The van der Waals surface area contributed by atoms with Crippen molar-refractivity contribution in [1.82, 2.24) is 10.6 Å². The molecule has 2 aromatic rings. The number of rotatable bonds is 6. The van der Waals surface area contributed by atoms with Gasteiger partial charge in [0.25, 0.3) is 0 Å². The standard InChI is InChI=1S/C18H19N3O5/c1-25-15-10-13(18-19-8-7-16(22)20-18)9-14(21(23)24)17(15)26-11-12-5-3-2-4-6-12/h2-6,9-10,18-19H,7-8,11H2,1H3,(H,20,22)/t18-/m0/s1. The van der Waals surface area contributed by atoms with E-state index in [1.54, 1.807) is 6.07 Å². The summed E-state index contributed by atoms with van der Waals surface area (Å²) in [4.78, 5) is 22.7. The first kappa shape index (κ1) is 17.7. The average Bonchev–Trinajstić information content (AvgIpc) is 2.66. The molecule has 1 aliphatic heterocycles. The Kier molecular flexibility index (Phi) is 5.33. The molecule has 1 fully saturated rings. The van der Waals surface area contributed by atoms with Gasteiger partial charge in [-0.25, -0.2) is 0 Å². The first-order valence-corrected chi connectivity index (χ1v) is 8.14. The summed E-state index contributed by atoms with van der Waals surface area (Å²) in [5.41, 5.74) is 1.21. The van der Waals surface area contributed by atoms with Gasteiger partial charge in [0.1, 0.15) is 12.8 Å². The summed E-state index contributed by atoms with van der Waals surface area (Å²) in [6, 6.07) is 12.4. The molecule has 1 aliphatic rings. The summed E-state index contributed by atoms with van der Waals surface area (Å²) < 4.78 is 11.0. The number of nitrogens with one attached hydrogen (secondary N) is 2. The van der Waals surface area contributed by atoms with Gasteiger partial charge in [-0.15, -0.1) is 0 Å². The number of nitro benzene ring substituents is 1. The molecule has 8 nitrogen and oxygen atoms in total. The van der Waals surface area contributed by atoms with Crippen molar-refractivity contribution in [3.05, 3.63) is 63.7 Å². The zero-order valence-corrected chi connectivity index (χ0v) is 14.2. The van der Waals surface area contributed by atoms with E-state index in [9.17, 15) is 14.9 Å². The van der Waals surface area contributed by atoms with Crippen LogP contribution in [0.15, 0.2) is 42.5 Å². The maximum atomic E-state index is 11.6. The predicted octanol–water partition coefficient (Wildman–Crippen LogP) is 2.29. The third-order valence-corrected chi connectivity index (χ3v) is 4.04. The Bertz CT molecular complexity index is 810.